The number of amides is 1. The van der Waals surface area contributed by atoms with E-state index in [0.717, 1.165) is 37.2 Å². The van der Waals surface area contributed by atoms with E-state index in [9.17, 15) is 9.59 Å². The summed E-state index contributed by atoms with van der Waals surface area (Å²) in [7, 11) is 3.43. The molecule has 2 bridgehead atoms. The maximum absolute atomic E-state index is 13.6. The zero-order chi connectivity index (χ0) is 25.1. The minimum absolute atomic E-state index is 0.0710. The first-order chi connectivity index (χ1) is 17.5. The van der Waals surface area contributed by atoms with Crippen LogP contribution in [-0.2, 0) is 25.5 Å². The Hall–Kier alpha value is -3.42. The normalized spacial score (nSPS) is 24.6. The van der Waals surface area contributed by atoms with Gasteiger partial charge in [0.1, 0.15) is 11.7 Å². The molecule has 3 aliphatic heterocycles. The largest absolute Gasteiger partial charge is 0.466 e. The monoisotopic (exact) mass is 487 g/mol. The summed E-state index contributed by atoms with van der Waals surface area (Å²) in [6.45, 7) is 1.86. The molecule has 3 aliphatic rings. The summed E-state index contributed by atoms with van der Waals surface area (Å²) in [6.07, 6.45) is 5.54. The van der Waals surface area contributed by atoms with E-state index in [1.54, 1.807) is 0 Å². The second-order valence-electron chi connectivity index (χ2n) is 9.77. The fourth-order valence-electron chi connectivity index (χ4n) is 5.47. The second kappa shape index (κ2) is 10.3. The van der Waals surface area contributed by atoms with Gasteiger partial charge in [-0.05, 0) is 63.2 Å². The van der Waals surface area contributed by atoms with E-state index in [0.29, 0.717) is 12.0 Å². The van der Waals surface area contributed by atoms with Crippen molar-refractivity contribution in [2.45, 2.75) is 43.1 Å². The molecule has 3 heterocycles. The molecule has 1 fully saturated rings. The molecular weight excluding hydrogens is 454 g/mol. The Morgan fingerprint density at radius 1 is 1.08 bits per heavy atom. The van der Waals surface area contributed by atoms with Gasteiger partial charge in [0, 0.05) is 11.7 Å². The highest BCUT2D eigenvalue weighted by molar-refractivity contribution is 6.07. The lowest BCUT2D eigenvalue weighted by molar-refractivity contribution is -0.138. The van der Waals surface area contributed by atoms with Crippen LogP contribution in [0.5, 0.6) is 0 Å². The van der Waals surface area contributed by atoms with Crippen LogP contribution in [0.2, 0.25) is 0 Å². The van der Waals surface area contributed by atoms with Crippen LogP contribution in [0.25, 0.3) is 0 Å². The van der Waals surface area contributed by atoms with Gasteiger partial charge in [-0.15, -0.1) is 0 Å². The predicted octanol–water partition coefficient (Wildman–Crippen LogP) is 3.10. The van der Waals surface area contributed by atoms with Crippen LogP contribution in [0.3, 0.4) is 0 Å². The number of likely N-dealkylation sites (tertiary alicyclic amines) is 1. The predicted molar refractivity (Wildman–Crippen MR) is 138 cm³/mol. The lowest BCUT2D eigenvalue weighted by atomic mass is 9.78. The van der Waals surface area contributed by atoms with Gasteiger partial charge >= 0.3 is 5.97 Å². The third kappa shape index (κ3) is 4.68. The van der Waals surface area contributed by atoms with Gasteiger partial charge in [-0.3, -0.25) is 4.79 Å². The highest BCUT2D eigenvalue weighted by Crippen LogP contribution is 2.47. The van der Waals surface area contributed by atoms with Gasteiger partial charge in [-0.2, -0.15) is 0 Å². The molecule has 36 heavy (non-hydrogen) atoms. The van der Waals surface area contributed by atoms with Crippen molar-refractivity contribution in [2.24, 2.45) is 0 Å². The summed E-state index contributed by atoms with van der Waals surface area (Å²) >= 11 is 0. The fraction of sp³-hybridized carbons (Fsp3) is 0.379. The summed E-state index contributed by atoms with van der Waals surface area (Å²) in [5.41, 5.74) is 1.50. The molecule has 1 amide bonds. The number of carbonyl (C=O) groups is 2. The van der Waals surface area contributed by atoms with E-state index in [-0.39, 0.29) is 23.6 Å². The number of carbonyl (C=O) groups excluding carboxylic acids is 2. The van der Waals surface area contributed by atoms with Gasteiger partial charge < -0.3 is 25.0 Å². The Balaban J connectivity index is 1.51. The van der Waals surface area contributed by atoms with Crippen LogP contribution in [0.4, 0.5) is 5.69 Å². The first kappa shape index (κ1) is 24.3. The van der Waals surface area contributed by atoms with Gasteiger partial charge in [0.15, 0.2) is 0 Å². The molecule has 3 atom stereocenters. The molecule has 0 saturated carbocycles. The Kier molecular flexibility index (Phi) is 6.94. The molecule has 188 valence electrons. The summed E-state index contributed by atoms with van der Waals surface area (Å²) in [5, 5.41) is 6.75. The van der Waals surface area contributed by atoms with E-state index in [4.69, 9.17) is 9.47 Å². The van der Waals surface area contributed by atoms with Crippen molar-refractivity contribution in [3.63, 3.8) is 0 Å². The molecule has 5 rings (SSSR count). The average molecular weight is 488 g/mol. The number of piperidine rings is 1. The molecule has 2 N–H and O–H groups in total. The molecule has 2 aromatic carbocycles. The summed E-state index contributed by atoms with van der Waals surface area (Å²) < 4.78 is 11.7. The second-order valence-corrected chi connectivity index (χ2v) is 9.77. The maximum Gasteiger partial charge on any atom is 0.337 e. The number of fused-ring (bicyclic) bond motifs is 2. The Morgan fingerprint density at radius 2 is 1.75 bits per heavy atom. The van der Waals surface area contributed by atoms with Crippen molar-refractivity contribution >= 4 is 17.6 Å². The number of hydrogen-bond donors (Lipinski definition) is 2. The van der Waals surface area contributed by atoms with Crippen LogP contribution in [0, 0.1) is 0 Å². The van der Waals surface area contributed by atoms with Crippen LogP contribution in [0.1, 0.15) is 18.4 Å². The standard InChI is InChI=1S/C29H33N3O4/c1-32-17-14-22(15-18-32)31-27(33)25-23-13-16-29(36-23,26(25)28(34)35-2)24(19-20-9-5-3-6-10-20)30-21-11-7-4-8-12-21/h3-13,16,22-24,30H,14-15,17-19H2,1-2H3,(H,31,33). The molecule has 7 nitrogen and oxygen atoms in total. The highest BCUT2D eigenvalue weighted by atomic mass is 16.5. The zero-order valence-corrected chi connectivity index (χ0v) is 20.8. The van der Waals surface area contributed by atoms with Crippen molar-refractivity contribution in [1.82, 2.24) is 10.2 Å². The lowest BCUT2D eigenvalue weighted by Crippen LogP contribution is -2.50. The van der Waals surface area contributed by atoms with Crippen molar-refractivity contribution in [1.29, 1.82) is 0 Å². The number of anilines is 1. The lowest BCUT2D eigenvalue weighted by Gasteiger charge is -2.36. The maximum atomic E-state index is 13.6. The van der Waals surface area contributed by atoms with E-state index in [1.807, 2.05) is 60.7 Å². The number of methoxy groups -OCH3 is 1. The number of nitrogens with zero attached hydrogens (tertiary/aromatic N) is 1. The number of rotatable bonds is 8. The number of hydrogen-bond acceptors (Lipinski definition) is 6. The Labute approximate surface area is 212 Å². The molecule has 0 radical (unpaired) electrons. The van der Waals surface area contributed by atoms with Crippen molar-refractivity contribution in [3.05, 3.63) is 89.5 Å². The van der Waals surface area contributed by atoms with Gasteiger partial charge in [0.25, 0.3) is 5.91 Å². The minimum Gasteiger partial charge on any atom is -0.466 e. The molecule has 0 aliphatic carbocycles. The summed E-state index contributed by atoms with van der Waals surface area (Å²) in [5.74, 6) is -0.789. The third-order valence-corrected chi connectivity index (χ3v) is 7.39. The molecule has 3 unspecified atom stereocenters. The number of nitrogens with one attached hydrogen (secondary N) is 2. The third-order valence-electron chi connectivity index (χ3n) is 7.39. The van der Waals surface area contributed by atoms with Crippen LogP contribution >= 0.6 is 0 Å². The first-order valence-corrected chi connectivity index (χ1v) is 12.5. The van der Waals surface area contributed by atoms with E-state index < -0.39 is 17.7 Å². The summed E-state index contributed by atoms with van der Waals surface area (Å²) in [6, 6.07) is 19.6. The number of ether oxygens (including phenoxy) is 2. The average Bonchev–Trinajstić information content (AvgIpc) is 3.49. The number of benzene rings is 2. The van der Waals surface area contributed by atoms with Crippen LogP contribution in [0.15, 0.2) is 84.0 Å². The smallest absolute Gasteiger partial charge is 0.337 e. The molecule has 0 spiro atoms. The van der Waals surface area contributed by atoms with Crippen molar-refractivity contribution in [3.8, 4) is 0 Å². The zero-order valence-electron chi connectivity index (χ0n) is 20.8. The first-order valence-electron chi connectivity index (χ1n) is 12.5. The SMILES string of the molecule is COC(=O)C1=C(C(=O)NC2CCN(C)CC2)C2C=CC1(C(Cc1ccccc1)Nc1ccccc1)O2. The number of para-hydroxylation sites is 1. The fourth-order valence-corrected chi connectivity index (χ4v) is 5.47. The number of esters is 1. The van der Waals surface area contributed by atoms with E-state index in [2.05, 4.69) is 34.7 Å². The van der Waals surface area contributed by atoms with Gasteiger partial charge in [0.2, 0.25) is 0 Å². The van der Waals surface area contributed by atoms with Gasteiger partial charge in [0.05, 0.1) is 24.3 Å². The van der Waals surface area contributed by atoms with Crippen molar-refractivity contribution < 1.29 is 19.1 Å². The molecular formula is C29H33N3O4. The van der Waals surface area contributed by atoms with Crippen LogP contribution < -0.4 is 10.6 Å². The minimum atomic E-state index is -1.14. The van der Waals surface area contributed by atoms with Crippen LogP contribution in [-0.4, -0.2) is 67.8 Å². The van der Waals surface area contributed by atoms with Crippen molar-refractivity contribution in [2.75, 3.05) is 32.6 Å². The quantitative estimate of drug-likeness (QED) is 0.440. The molecule has 1 saturated heterocycles. The summed E-state index contributed by atoms with van der Waals surface area (Å²) in [4.78, 5) is 29.1. The van der Waals surface area contributed by atoms with Gasteiger partial charge in [-0.25, -0.2) is 4.79 Å². The molecule has 0 aromatic heterocycles. The van der Waals surface area contributed by atoms with E-state index in [1.165, 1.54) is 7.11 Å². The highest BCUT2D eigenvalue weighted by Gasteiger charge is 2.58. The Morgan fingerprint density at radius 3 is 2.42 bits per heavy atom. The Bertz CT molecular complexity index is 1110. The van der Waals surface area contributed by atoms with E-state index >= 15 is 0 Å². The van der Waals surface area contributed by atoms with Gasteiger partial charge in [-0.1, -0.05) is 54.6 Å². The molecule has 2 aromatic rings. The topological polar surface area (TPSA) is 79.9 Å². The molecule has 7 heteroatoms.